The predicted octanol–water partition coefficient (Wildman–Crippen LogP) is 0.544. The van der Waals surface area contributed by atoms with Crippen LogP contribution in [0.1, 0.15) is 35.2 Å². The maximum absolute atomic E-state index is 11.9. The quantitative estimate of drug-likeness (QED) is 0.739. The van der Waals surface area contributed by atoms with Gasteiger partial charge in [0.15, 0.2) is 0 Å². The first-order chi connectivity index (χ1) is 9.16. The molecule has 0 aromatic heterocycles. The van der Waals surface area contributed by atoms with E-state index >= 15 is 0 Å². The number of hydrogen-bond donors (Lipinski definition) is 3. The maximum Gasteiger partial charge on any atom is 0.248 e. The van der Waals surface area contributed by atoms with Crippen molar-refractivity contribution in [3.63, 3.8) is 0 Å². The molecule has 1 saturated heterocycles. The van der Waals surface area contributed by atoms with Gasteiger partial charge in [-0.2, -0.15) is 0 Å². The van der Waals surface area contributed by atoms with Crippen molar-refractivity contribution in [2.75, 3.05) is 6.54 Å². The third kappa shape index (κ3) is 3.79. The molecule has 1 fully saturated rings. The van der Waals surface area contributed by atoms with E-state index in [1.54, 1.807) is 18.2 Å². The molecule has 2 rings (SSSR count). The first kappa shape index (κ1) is 13.5. The Morgan fingerprint density at radius 3 is 2.89 bits per heavy atom. The lowest BCUT2D eigenvalue weighted by Crippen LogP contribution is -2.46. The Labute approximate surface area is 112 Å². The summed E-state index contributed by atoms with van der Waals surface area (Å²) in [5, 5.41) is 6.08. The highest BCUT2D eigenvalue weighted by atomic mass is 16.2. The molecule has 102 valence electrons. The molecule has 1 aromatic rings. The average molecular weight is 261 g/mol. The van der Waals surface area contributed by atoms with E-state index in [1.165, 1.54) is 0 Å². The third-order valence-corrected chi connectivity index (χ3v) is 3.31. The van der Waals surface area contributed by atoms with E-state index in [0.29, 0.717) is 12.1 Å². The van der Waals surface area contributed by atoms with Crippen LogP contribution in [0, 0.1) is 0 Å². The van der Waals surface area contributed by atoms with Crippen LogP contribution in [0.15, 0.2) is 24.3 Å². The normalized spacial score (nSPS) is 18.8. The van der Waals surface area contributed by atoms with Gasteiger partial charge in [0.2, 0.25) is 11.8 Å². The van der Waals surface area contributed by atoms with E-state index in [1.807, 2.05) is 6.07 Å². The fraction of sp³-hybridized carbons (Fsp3) is 0.429. The summed E-state index contributed by atoms with van der Waals surface area (Å²) < 4.78 is 0. The van der Waals surface area contributed by atoms with Gasteiger partial charge in [-0.25, -0.2) is 0 Å². The van der Waals surface area contributed by atoms with Gasteiger partial charge >= 0.3 is 0 Å². The first-order valence-corrected chi connectivity index (χ1v) is 6.56. The molecule has 0 aliphatic carbocycles. The van der Waals surface area contributed by atoms with Crippen molar-refractivity contribution in [2.24, 2.45) is 5.73 Å². The number of nitrogens with one attached hydrogen (secondary N) is 2. The van der Waals surface area contributed by atoms with Crippen molar-refractivity contribution in [3.05, 3.63) is 35.4 Å². The SMILES string of the molecule is NC(=O)c1cccc(CNC(=O)[C@H]2CCCCN2)c1. The van der Waals surface area contributed by atoms with Crippen LogP contribution in [-0.4, -0.2) is 24.4 Å². The standard InChI is InChI=1S/C14H19N3O2/c15-13(18)11-5-3-4-10(8-11)9-17-14(19)12-6-1-2-7-16-12/h3-5,8,12,16H,1-2,6-7,9H2,(H2,15,18)(H,17,19)/t12-/m1/s1. The molecule has 4 N–H and O–H groups in total. The molecule has 0 saturated carbocycles. The molecule has 1 aliphatic rings. The monoisotopic (exact) mass is 261 g/mol. The molecule has 1 aliphatic heterocycles. The average Bonchev–Trinajstić information content (AvgIpc) is 2.46. The molecule has 1 atom stereocenters. The number of primary amides is 1. The third-order valence-electron chi connectivity index (χ3n) is 3.31. The van der Waals surface area contributed by atoms with Gasteiger partial charge in [0.05, 0.1) is 6.04 Å². The fourth-order valence-electron chi connectivity index (χ4n) is 2.22. The van der Waals surface area contributed by atoms with E-state index < -0.39 is 5.91 Å². The molecule has 0 spiro atoms. The van der Waals surface area contributed by atoms with Gasteiger partial charge in [0.1, 0.15) is 0 Å². The van der Waals surface area contributed by atoms with E-state index in [9.17, 15) is 9.59 Å². The topological polar surface area (TPSA) is 84.2 Å². The van der Waals surface area contributed by atoms with Crippen LogP contribution in [0.3, 0.4) is 0 Å². The van der Waals surface area contributed by atoms with Gasteiger partial charge in [0.25, 0.3) is 0 Å². The summed E-state index contributed by atoms with van der Waals surface area (Å²) in [6.45, 7) is 1.31. The minimum atomic E-state index is -0.456. The van der Waals surface area contributed by atoms with Crippen LogP contribution in [0.4, 0.5) is 0 Å². The van der Waals surface area contributed by atoms with Gasteiger partial charge in [-0.15, -0.1) is 0 Å². The molecule has 5 nitrogen and oxygen atoms in total. The van der Waals surface area contributed by atoms with E-state index in [4.69, 9.17) is 5.73 Å². The molecule has 1 aromatic carbocycles. The summed E-state index contributed by atoms with van der Waals surface area (Å²) in [6, 6.07) is 6.91. The number of amides is 2. The second-order valence-electron chi connectivity index (χ2n) is 4.78. The van der Waals surface area contributed by atoms with Crippen LogP contribution in [0.5, 0.6) is 0 Å². The number of carbonyl (C=O) groups is 2. The molecular weight excluding hydrogens is 242 g/mol. The Kier molecular flexibility index (Phi) is 4.52. The minimum Gasteiger partial charge on any atom is -0.366 e. The van der Waals surface area contributed by atoms with Crippen LogP contribution in [0.2, 0.25) is 0 Å². The zero-order valence-corrected chi connectivity index (χ0v) is 10.8. The Hall–Kier alpha value is -1.88. The highest BCUT2D eigenvalue weighted by Crippen LogP contribution is 2.08. The number of rotatable bonds is 4. The summed E-state index contributed by atoms with van der Waals surface area (Å²) in [5.74, 6) is -0.439. The van der Waals surface area contributed by atoms with E-state index in [2.05, 4.69) is 10.6 Å². The van der Waals surface area contributed by atoms with Crippen LogP contribution < -0.4 is 16.4 Å². The van der Waals surface area contributed by atoms with Crippen molar-refractivity contribution >= 4 is 11.8 Å². The zero-order chi connectivity index (χ0) is 13.7. The van der Waals surface area contributed by atoms with Gasteiger partial charge in [0, 0.05) is 12.1 Å². The van der Waals surface area contributed by atoms with Crippen molar-refractivity contribution < 1.29 is 9.59 Å². The van der Waals surface area contributed by atoms with E-state index in [0.717, 1.165) is 31.4 Å². The number of nitrogens with two attached hydrogens (primary N) is 1. The Balaban J connectivity index is 1.89. The van der Waals surface area contributed by atoms with Gasteiger partial charge in [-0.1, -0.05) is 18.6 Å². The lowest BCUT2D eigenvalue weighted by Gasteiger charge is -2.22. The summed E-state index contributed by atoms with van der Waals surface area (Å²) in [7, 11) is 0. The molecular formula is C14H19N3O2. The maximum atomic E-state index is 11.9. The molecule has 0 unspecified atom stereocenters. The Bertz CT molecular complexity index is 468. The van der Waals surface area contributed by atoms with Crippen molar-refractivity contribution in [1.82, 2.24) is 10.6 Å². The van der Waals surface area contributed by atoms with Crippen LogP contribution in [0.25, 0.3) is 0 Å². The second kappa shape index (κ2) is 6.33. The molecule has 1 heterocycles. The van der Waals surface area contributed by atoms with Gasteiger partial charge in [-0.3, -0.25) is 9.59 Å². The van der Waals surface area contributed by atoms with E-state index in [-0.39, 0.29) is 11.9 Å². The number of carbonyl (C=O) groups excluding carboxylic acids is 2. The lowest BCUT2D eigenvalue weighted by molar-refractivity contribution is -0.123. The molecule has 19 heavy (non-hydrogen) atoms. The number of piperidine rings is 1. The summed E-state index contributed by atoms with van der Waals surface area (Å²) in [6.07, 6.45) is 3.10. The summed E-state index contributed by atoms with van der Waals surface area (Å²) in [4.78, 5) is 23.0. The second-order valence-corrected chi connectivity index (χ2v) is 4.78. The van der Waals surface area contributed by atoms with Crippen LogP contribution >= 0.6 is 0 Å². The number of benzene rings is 1. The fourth-order valence-corrected chi connectivity index (χ4v) is 2.22. The zero-order valence-electron chi connectivity index (χ0n) is 10.8. The predicted molar refractivity (Wildman–Crippen MR) is 72.4 cm³/mol. The highest BCUT2D eigenvalue weighted by Gasteiger charge is 2.19. The summed E-state index contributed by atoms with van der Waals surface area (Å²) in [5.41, 5.74) is 6.56. The van der Waals surface area contributed by atoms with Gasteiger partial charge in [-0.05, 0) is 37.1 Å². The van der Waals surface area contributed by atoms with Crippen molar-refractivity contribution in [1.29, 1.82) is 0 Å². The Morgan fingerprint density at radius 2 is 2.21 bits per heavy atom. The molecule has 5 heteroatoms. The highest BCUT2D eigenvalue weighted by molar-refractivity contribution is 5.92. The Morgan fingerprint density at radius 1 is 1.37 bits per heavy atom. The number of hydrogen-bond acceptors (Lipinski definition) is 3. The molecule has 0 bridgehead atoms. The minimum absolute atomic E-state index is 0.0178. The van der Waals surface area contributed by atoms with Gasteiger partial charge < -0.3 is 16.4 Å². The lowest BCUT2D eigenvalue weighted by atomic mass is 10.0. The molecule has 2 amide bonds. The van der Waals surface area contributed by atoms with Crippen molar-refractivity contribution in [2.45, 2.75) is 31.8 Å². The largest absolute Gasteiger partial charge is 0.366 e. The summed E-state index contributed by atoms with van der Waals surface area (Å²) >= 11 is 0. The smallest absolute Gasteiger partial charge is 0.248 e. The molecule has 0 radical (unpaired) electrons. The first-order valence-electron chi connectivity index (χ1n) is 6.56. The van der Waals surface area contributed by atoms with Crippen LogP contribution in [-0.2, 0) is 11.3 Å². The van der Waals surface area contributed by atoms with Crippen molar-refractivity contribution in [3.8, 4) is 0 Å².